The average molecular weight is 433 g/mol. The summed E-state index contributed by atoms with van der Waals surface area (Å²) in [5, 5.41) is 12.6. The number of carboxylic acids is 1. The molecule has 1 aliphatic heterocycles. The van der Waals surface area contributed by atoms with Crippen molar-refractivity contribution < 1.29 is 28.2 Å². The fourth-order valence-electron chi connectivity index (χ4n) is 3.68. The SMILES string of the molecule is CC(C)(C)OC(=O)N[C@@]1(C)CCN(c2c(C(=O)O)cncc2-c2cc(F)cc(F)c2)C1. The Hall–Kier alpha value is -3.23. The van der Waals surface area contributed by atoms with Gasteiger partial charge in [-0.05, 0) is 51.8 Å². The van der Waals surface area contributed by atoms with Crippen molar-refractivity contribution in [3.63, 3.8) is 0 Å². The minimum absolute atomic E-state index is 0.0938. The lowest BCUT2D eigenvalue weighted by Gasteiger charge is -2.30. The van der Waals surface area contributed by atoms with Crippen LogP contribution in [-0.2, 0) is 4.74 Å². The van der Waals surface area contributed by atoms with Crippen LogP contribution in [0.1, 0.15) is 44.5 Å². The Morgan fingerprint density at radius 2 is 1.84 bits per heavy atom. The lowest BCUT2D eigenvalue weighted by molar-refractivity contribution is 0.0472. The van der Waals surface area contributed by atoms with Crippen molar-refractivity contribution in [2.75, 3.05) is 18.0 Å². The van der Waals surface area contributed by atoms with E-state index in [0.29, 0.717) is 24.2 Å². The van der Waals surface area contributed by atoms with Gasteiger partial charge in [0.1, 0.15) is 22.8 Å². The van der Waals surface area contributed by atoms with Crippen molar-refractivity contribution >= 4 is 17.7 Å². The Morgan fingerprint density at radius 3 is 2.42 bits per heavy atom. The molecule has 9 heteroatoms. The van der Waals surface area contributed by atoms with Crippen LogP contribution >= 0.6 is 0 Å². The topological polar surface area (TPSA) is 91.8 Å². The molecule has 1 aromatic carbocycles. The number of benzene rings is 1. The molecule has 3 rings (SSSR count). The van der Waals surface area contributed by atoms with Gasteiger partial charge in [0.05, 0.1) is 11.2 Å². The van der Waals surface area contributed by atoms with Crippen LogP contribution in [0.15, 0.2) is 30.6 Å². The molecule has 0 saturated carbocycles. The number of pyridine rings is 1. The first-order valence-electron chi connectivity index (χ1n) is 9.81. The monoisotopic (exact) mass is 433 g/mol. The van der Waals surface area contributed by atoms with Crippen LogP contribution in [0.25, 0.3) is 11.1 Å². The second-order valence-corrected chi connectivity index (χ2v) is 8.91. The Labute approximate surface area is 179 Å². The number of hydrogen-bond acceptors (Lipinski definition) is 5. The lowest BCUT2D eigenvalue weighted by Crippen LogP contribution is -2.49. The van der Waals surface area contributed by atoms with Gasteiger partial charge in [0.15, 0.2) is 0 Å². The number of anilines is 1. The van der Waals surface area contributed by atoms with Gasteiger partial charge in [0.25, 0.3) is 0 Å². The molecule has 7 nitrogen and oxygen atoms in total. The van der Waals surface area contributed by atoms with E-state index in [1.807, 2.05) is 6.92 Å². The third kappa shape index (κ3) is 5.28. The van der Waals surface area contributed by atoms with Gasteiger partial charge in [0, 0.05) is 37.1 Å². The molecule has 1 fully saturated rings. The third-order valence-corrected chi connectivity index (χ3v) is 4.91. The van der Waals surface area contributed by atoms with Crippen molar-refractivity contribution in [1.82, 2.24) is 10.3 Å². The van der Waals surface area contributed by atoms with Crippen LogP contribution in [-0.4, -0.2) is 46.4 Å². The number of hydrogen-bond donors (Lipinski definition) is 2. The number of amides is 1. The summed E-state index contributed by atoms with van der Waals surface area (Å²) in [6, 6.07) is 3.00. The quantitative estimate of drug-likeness (QED) is 0.750. The first kappa shape index (κ1) is 22.5. The molecule has 2 heterocycles. The largest absolute Gasteiger partial charge is 0.478 e. The number of aromatic carboxylic acids is 1. The third-order valence-electron chi connectivity index (χ3n) is 4.91. The maximum absolute atomic E-state index is 13.8. The van der Waals surface area contributed by atoms with Crippen LogP contribution in [0.2, 0.25) is 0 Å². The Balaban J connectivity index is 1.97. The lowest BCUT2D eigenvalue weighted by atomic mass is 10.0. The van der Waals surface area contributed by atoms with E-state index in [-0.39, 0.29) is 17.7 Å². The van der Waals surface area contributed by atoms with Crippen molar-refractivity contribution in [3.8, 4) is 11.1 Å². The first-order chi connectivity index (χ1) is 14.4. The summed E-state index contributed by atoms with van der Waals surface area (Å²) in [4.78, 5) is 29.9. The van der Waals surface area contributed by atoms with Crippen molar-refractivity contribution in [1.29, 1.82) is 0 Å². The van der Waals surface area contributed by atoms with Crippen molar-refractivity contribution in [2.45, 2.75) is 45.3 Å². The molecule has 0 aliphatic carbocycles. The molecule has 0 bridgehead atoms. The van der Waals surface area contributed by atoms with Gasteiger partial charge in [-0.25, -0.2) is 18.4 Å². The van der Waals surface area contributed by atoms with Gasteiger partial charge in [-0.3, -0.25) is 4.98 Å². The van der Waals surface area contributed by atoms with Crippen molar-refractivity contribution in [2.24, 2.45) is 0 Å². The molecule has 2 N–H and O–H groups in total. The van der Waals surface area contributed by atoms with Crippen LogP contribution in [0.3, 0.4) is 0 Å². The number of aromatic nitrogens is 1. The van der Waals surface area contributed by atoms with Gasteiger partial charge in [0.2, 0.25) is 0 Å². The number of carbonyl (C=O) groups excluding carboxylic acids is 1. The molecule has 1 aliphatic rings. The number of nitrogens with one attached hydrogen (secondary N) is 1. The number of nitrogens with zero attached hydrogens (tertiary/aromatic N) is 2. The molecule has 0 unspecified atom stereocenters. The second-order valence-electron chi connectivity index (χ2n) is 8.91. The molecule has 1 aromatic heterocycles. The van der Waals surface area contributed by atoms with E-state index in [0.717, 1.165) is 18.2 Å². The number of alkyl carbamates (subject to hydrolysis) is 1. The summed E-state index contributed by atoms with van der Waals surface area (Å²) < 4.78 is 33.0. The number of carboxylic acid groups (broad SMARTS) is 1. The minimum Gasteiger partial charge on any atom is -0.478 e. The highest BCUT2D eigenvalue weighted by molar-refractivity contribution is 5.99. The molecule has 31 heavy (non-hydrogen) atoms. The molecule has 1 atom stereocenters. The first-order valence-corrected chi connectivity index (χ1v) is 9.81. The molecule has 166 valence electrons. The molecule has 0 spiro atoms. The predicted molar refractivity (Wildman–Crippen MR) is 111 cm³/mol. The summed E-state index contributed by atoms with van der Waals surface area (Å²) >= 11 is 0. The van der Waals surface area contributed by atoms with Gasteiger partial charge in [-0.15, -0.1) is 0 Å². The number of rotatable bonds is 4. The fourth-order valence-corrected chi connectivity index (χ4v) is 3.68. The summed E-state index contributed by atoms with van der Waals surface area (Å²) in [5.41, 5.74) is -0.677. The highest BCUT2D eigenvalue weighted by atomic mass is 19.1. The van der Waals surface area contributed by atoms with Gasteiger partial charge < -0.3 is 20.1 Å². The van der Waals surface area contributed by atoms with Gasteiger partial charge >= 0.3 is 12.1 Å². The number of ether oxygens (including phenoxy) is 1. The summed E-state index contributed by atoms with van der Waals surface area (Å²) in [5.74, 6) is -2.77. The van der Waals surface area contributed by atoms with Crippen molar-refractivity contribution in [3.05, 3.63) is 47.8 Å². The molecule has 1 saturated heterocycles. The average Bonchev–Trinajstić information content (AvgIpc) is 2.99. The molecule has 1 amide bonds. The molecule has 0 radical (unpaired) electrons. The van der Waals surface area contributed by atoms with Crippen LogP contribution < -0.4 is 10.2 Å². The Morgan fingerprint density at radius 1 is 1.19 bits per heavy atom. The van der Waals surface area contributed by atoms with E-state index in [9.17, 15) is 23.5 Å². The zero-order valence-corrected chi connectivity index (χ0v) is 17.8. The van der Waals surface area contributed by atoms with Gasteiger partial charge in [-0.2, -0.15) is 0 Å². The van der Waals surface area contributed by atoms with E-state index >= 15 is 0 Å². The standard InChI is InChI=1S/C22H25F2N3O4/c1-21(2,3)31-20(30)26-22(4)5-6-27(12-22)18-16(10-25-11-17(18)19(28)29)13-7-14(23)9-15(24)8-13/h7-11H,5-6,12H2,1-4H3,(H,26,30)(H,28,29)/t22-/m0/s1. The maximum atomic E-state index is 13.8. The summed E-state index contributed by atoms with van der Waals surface area (Å²) in [7, 11) is 0. The van der Waals surface area contributed by atoms with E-state index in [1.165, 1.54) is 12.4 Å². The molecular formula is C22H25F2N3O4. The minimum atomic E-state index is -1.21. The predicted octanol–water partition coefficient (Wildman–Crippen LogP) is 4.22. The number of halogens is 2. The highest BCUT2D eigenvalue weighted by Crippen LogP contribution is 2.38. The van der Waals surface area contributed by atoms with E-state index < -0.39 is 34.8 Å². The Bertz CT molecular complexity index is 1000. The van der Waals surface area contributed by atoms with Gasteiger partial charge in [-0.1, -0.05) is 0 Å². The summed E-state index contributed by atoms with van der Waals surface area (Å²) in [6.45, 7) is 7.81. The van der Waals surface area contributed by atoms with Crippen LogP contribution in [0, 0.1) is 11.6 Å². The van der Waals surface area contributed by atoms with E-state index in [2.05, 4.69) is 10.3 Å². The zero-order chi connectivity index (χ0) is 23.0. The van der Waals surface area contributed by atoms with E-state index in [4.69, 9.17) is 4.74 Å². The Kier molecular flexibility index (Phi) is 5.89. The number of carbonyl (C=O) groups is 2. The fraction of sp³-hybridized carbons (Fsp3) is 0.409. The molecule has 2 aromatic rings. The van der Waals surface area contributed by atoms with Crippen LogP contribution in [0.5, 0.6) is 0 Å². The normalized spacial score (nSPS) is 18.7. The second kappa shape index (κ2) is 8.13. The maximum Gasteiger partial charge on any atom is 0.408 e. The highest BCUT2D eigenvalue weighted by Gasteiger charge is 2.38. The zero-order valence-electron chi connectivity index (χ0n) is 17.8. The smallest absolute Gasteiger partial charge is 0.408 e. The summed E-state index contributed by atoms with van der Waals surface area (Å²) in [6.07, 6.45) is 2.53. The molecular weight excluding hydrogens is 408 g/mol. The van der Waals surface area contributed by atoms with Crippen LogP contribution in [0.4, 0.5) is 19.3 Å². The van der Waals surface area contributed by atoms with E-state index in [1.54, 1.807) is 25.7 Å².